The lowest BCUT2D eigenvalue weighted by Crippen LogP contribution is -2.36. The molecule has 1 saturated carbocycles. The molecule has 1 aromatic heterocycles. The molecule has 2 aromatic rings. The van der Waals surface area contributed by atoms with Crippen LogP contribution in [0.1, 0.15) is 47.1 Å². The van der Waals surface area contributed by atoms with Gasteiger partial charge < -0.3 is 4.57 Å². The van der Waals surface area contributed by atoms with E-state index in [1.165, 1.54) is 29.3 Å². The Labute approximate surface area is 177 Å². The van der Waals surface area contributed by atoms with Crippen LogP contribution < -0.4 is 0 Å². The van der Waals surface area contributed by atoms with Crippen molar-refractivity contribution in [2.24, 2.45) is 0 Å². The lowest BCUT2D eigenvalue weighted by Gasteiger charge is -2.21. The maximum Gasteiger partial charge on any atom is 0.243 e. The summed E-state index contributed by atoms with van der Waals surface area (Å²) in [7, 11) is -3.67. The first-order chi connectivity index (χ1) is 14.3. The Morgan fingerprint density at radius 3 is 2.43 bits per heavy atom. The smallest absolute Gasteiger partial charge is 0.243 e. The average Bonchev–Trinajstić information content (AvgIpc) is 3.51. The van der Waals surface area contributed by atoms with Gasteiger partial charge in [0.25, 0.3) is 0 Å². The number of hydrogen-bond donors (Lipinski definition) is 0. The first-order valence-electron chi connectivity index (χ1n) is 10.5. The second-order valence-corrected chi connectivity index (χ2v) is 10.2. The van der Waals surface area contributed by atoms with Crippen LogP contribution in [-0.4, -0.2) is 60.7 Å². The third kappa shape index (κ3) is 4.22. The Morgan fingerprint density at radius 1 is 1.07 bits per heavy atom. The van der Waals surface area contributed by atoms with Crippen molar-refractivity contribution in [2.75, 3.05) is 32.7 Å². The molecule has 6 nitrogen and oxygen atoms in total. The van der Waals surface area contributed by atoms with E-state index < -0.39 is 15.8 Å². The Bertz CT molecular complexity index is 1040. The van der Waals surface area contributed by atoms with Crippen LogP contribution in [0.5, 0.6) is 0 Å². The molecule has 4 rings (SSSR count). The molecule has 0 bridgehead atoms. The van der Waals surface area contributed by atoms with Crippen LogP contribution in [0, 0.1) is 19.7 Å². The van der Waals surface area contributed by atoms with Gasteiger partial charge in [-0.25, -0.2) is 12.8 Å². The third-order valence-electron chi connectivity index (χ3n) is 6.06. The van der Waals surface area contributed by atoms with Crippen LogP contribution in [-0.2, 0) is 10.0 Å². The minimum atomic E-state index is -3.67. The summed E-state index contributed by atoms with van der Waals surface area (Å²) >= 11 is 0. The van der Waals surface area contributed by atoms with Crippen LogP contribution >= 0.6 is 0 Å². The number of benzene rings is 1. The van der Waals surface area contributed by atoms with Crippen LogP contribution in [0.15, 0.2) is 35.2 Å². The fourth-order valence-electron chi connectivity index (χ4n) is 4.34. The van der Waals surface area contributed by atoms with Gasteiger partial charge >= 0.3 is 0 Å². The predicted octanol–water partition coefficient (Wildman–Crippen LogP) is 3.16. The fourth-order valence-corrected chi connectivity index (χ4v) is 5.81. The average molecular weight is 434 g/mol. The van der Waals surface area contributed by atoms with Crippen molar-refractivity contribution in [3.05, 3.63) is 53.1 Å². The maximum absolute atomic E-state index is 13.1. The normalized spacial score (nSPS) is 19.0. The lowest BCUT2D eigenvalue weighted by molar-refractivity contribution is 0.0933. The van der Waals surface area contributed by atoms with Crippen LogP contribution in [0.2, 0.25) is 0 Å². The summed E-state index contributed by atoms with van der Waals surface area (Å²) in [4.78, 5) is 15.1. The van der Waals surface area contributed by atoms with Gasteiger partial charge in [-0.1, -0.05) is 0 Å². The molecule has 0 radical (unpaired) electrons. The Balaban J connectivity index is 1.42. The van der Waals surface area contributed by atoms with E-state index in [0.717, 1.165) is 29.1 Å². The SMILES string of the molecule is Cc1cc(C(=O)CN2CCCN(S(=O)(=O)c3ccc(F)cc3)CC2)c(C)n1C1CC1. The highest BCUT2D eigenvalue weighted by Crippen LogP contribution is 2.38. The molecule has 1 aliphatic carbocycles. The van der Waals surface area contributed by atoms with E-state index >= 15 is 0 Å². The molecule has 162 valence electrons. The molecular formula is C22H28FN3O3S. The maximum atomic E-state index is 13.1. The first-order valence-corrected chi connectivity index (χ1v) is 11.9. The zero-order chi connectivity index (χ0) is 21.5. The van der Waals surface area contributed by atoms with Crippen LogP contribution in [0.3, 0.4) is 0 Å². The first kappa shape index (κ1) is 21.2. The second-order valence-electron chi connectivity index (χ2n) is 8.30. The van der Waals surface area contributed by atoms with Gasteiger partial charge in [-0.15, -0.1) is 0 Å². The zero-order valence-electron chi connectivity index (χ0n) is 17.5. The molecule has 8 heteroatoms. The number of hydrogen-bond acceptors (Lipinski definition) is 4. The van der Waals surface area contributed by atoms with Crippen molar-refractivity contribution in [3.8, 4) is 0 Å². The number of sulfonamides is 1. The summed E-state index contributed by atoms with van der Waals surface area (Å²) in [5.41, 5.74) is 2.94. The molecule has 0 amide bonds. The number of Topliss-reactive ketones (excluding diaryl/α,β-unsaturated/α-hetero) is 1. The molecule has 30 heavy (non-hydrogen) atoms. The molecule has 1 aliphatic heterocycles. The summed E-state index contributed by atoms with van der Waals surface area (Å²) < 4.78 is 42.6. The van der Waals surface area contributed by atoms with Gasteiger partial charge in [0.05, 0.1) is 11.4 Å². The number of nitrogens with zero attached hydrogens (tertiary/aromatic N) is 3. The Hall–Kier alpha value is -2.03. The van der Waals surface area contributed by atoms with E-state index in [9.17, 15) is 17.6 Å². The van der Waals surface area contributed by atoms with Crippen LogP contribution in [0.25, 0.3) is 0 Å². The summed E-state index contributed by atoms with van der Waals surface area (Å²) in [5, 5.41) is 0. The fraction of sp³-hybridized carbons (Fsp3) is 0.500. The summed E-state index contributed by atoms with van der Waals surface area (Å²) in [5.74, 6) is -0.375. The largest absolute Gasteiger partial charge is 0.345 e. The van der Waals surface area contributed by atoms with Gasteiger partial charge in [-0.05, 0) is 70.0 Å². The van der Waals surface area contributed by atoms with Gasteiger partial charge in [-0.2, -0.15) is 4.31 Å². The molecular weight excluding hydrogens is 405 g/mol. The number of halogens is 1. The van der Waals surface area contributed by atoms with Gasteiger partial charge in [0, 0.05) is 42.6 Å². The molecule has 2 fully saturated rings. The zero-order valence-corrected chi connectivity index (χ0v) is 18.3. The van der Waals surface area contributed by atoms with Crippen molar-refractivity contribution in [2.45, 2.75) is 44.0 Å². The number of carbonyl (C=O) groups is 1. The van der Waals surface area contributed by atoms with Gasteiger partial charge in [-0.3, -0.25) is 9.69 Å². The molecule has 2 aliphatic rings. The summed E-state index contributed by atoms with van der Waals surface area (Å²) in [6.07, 6.45) is 3.00. The minimum Gasteiger partial charge on any atom is -0.345 e. The van der Waals surface area contributed by atoms with Crippen molar-refractivity contribution < 1.29 is 17.6 Å². The number of ketones is 1. The van der Waals surface area contributed by atoms with Gasteiger partial charge in [0.1, 0.15) is 5.82 Å². The third-order valence-corrected chi connectivity index (χ3v) is 7.98. The quantitative estimate of drug-likeness (QED) is 0.657. The topological polar surface area (TPSA) is 62.6 Å². The number of aromatic nitrogens is 1. The molecule has 0 N–H and O–H groups in total. The van der Waals surface area contributed by atoms with Crippen LogP contribution in [0.4, 0.5) is 4.39 Å². The van der Waals surface area contributed by atoms with E-state index in [2.05, 4.69) is 4.57 Å². The van der Waals surface area contributed by atoms with Crippen molar-refractivity contribution >= 4 is 15.8 Å². The molecule has 0 unspecified atom stereocenters. The number of carbonyl (C=O) groups excluding carboxylic acids is 1. The molecule has 1 aromatic carbocycles. The Kier molecular flexibility index (Phi) is 5.83. The van der Waals surface area contributed by atoms with Gasteiger partial charge in [0.2, 0.25) is 10.0 Å². The van der Waals surface area contributed by atoms with E-state index in [4.69, 9.17) is 0 Å². The van der Waals surface area contributed by atoms with Crippen molar-refractivity contribution in [1.29, 1.82) is 0 Å². The number of aryl methyl sites for hydroxylation is 1. The predicted molar refractivity (Wildman–Crippen MR) is 113 cm³/mol. The molecule has 0 spiro atoms. The van der Waals surface area contributed by atoms with E-state index in [1.807, 2.05) is 24.8 Å². The van der Waals surface area contributed by atoms with Crippen molar-refractivity contribution in [1.82, 2.24) is 13.8 Å². The molecule has 1 saturated heterocycles. The Morgan fingerprint density at radius 2 is 1.77 bits per heavy atom. The van der Waals surface area contributed by atoms with E-state index in [-0.39, 0.29) is 10.7 Å². The van der Waals surface area contributed by atoms with Crippen molar-refractivity contribution in [3.63, 3.8) is 0 Å². The highest BCUT2D eigenvalue weighted by molar-refractivity contribution is 7.89. The highest BCUT2D eigenvalue weighted by Gasteiger charge is 2.30. The molecule has 2 heterocycles. The second kappa shape index (κ2) is 8.24. The monoisotopic (exact) mass is 433 g/mol. The van der Waals surface area contributed by atoms with Gasteiger partial charge in [0.15, 0.2) is 5.78 Å². The summed E-state index contributed by atoms with van der Waals surface area (Å²) in [6, 6.07) is 7.44. The minimum absolute atomic E-state index is 0.0878. The highest BCUT2D eigenvalue weighted by atomic mass is 32.2. The summed E-state index contributed by atoms with van der Waals surface area (Å²) in [6.45, 7) is 6.22. The van der Waals surface area contributed by atoms with E-state index in [0.29, 0.717) is 45.2 Å². The van der Waals surface area contributed by atoms with E-state index in [1.54, 1.807) is 0 Å². The molecule has 0 atom stereocenters. The standard InChI is InChI=1S/C22H28FN3O3S/c1-16-14-21(17(2)26(16)19-6-7-19)22(27)15-24-10-3-11-25(13-12-24)30(28,29)20-8-4-18(23)5-9-20/h4-5,8-9,14,19H,3,6-7,10-13,15H2,1-2H3. The lowest BCUT2D eigenvalue weighted by atomic mass is 10.1. The number of rotatable bonds is 6.